The highest BCUT2D eigenvalue weighted by molar-refractivity contribution is 7.17. The molecule has 2 aromatic rings. The summed E-state index contributed by atoms with van der Waals surface area (Å²) in [5.74, 6) is 0.491. The van der Waals surface area contributed by atoms with Crippen molar-refractivity contribution in [2.45, 2.75) is 6.42 Å². The van der Waals surface area contributed by atoms with Gasteiger partial charge in [-0.1, -0.05) is 6.07 Å². The number of carbonyl (C=O) groups is 2. The topological polar surface area (TPSA) is 73.9 Å². The minimum absolute atomic E-state index is 0.0103. The van der Waals surface area contributed by atoms with Gasteiger partial charge in [-0.15, -0.1) is 11.3 Å². The van der Waals surface area contributed by atoms with Crippen LogP contribution in [0.25, 0.3) is 10.4 Å². The standard InChI is InChI=1S/C22H30N4O3S/c1-25(2)12-4-9-24-21(27)20-8-7-19(30-20)16-5-6-17(18(15-16)29-3)22(28)26-13-10-23-11-14-26/h5-8,15,23H,4,9-14H2,1-3H3,(H,24,27). The molecule has 1 fully saturated rings. The molecule has 1 saturated heterocycles. The molecular weight excluding hydrogens is 400 g/mol. The third-order valence-corrected chi connectivity index (χ3v) is 6.15. The molecule has 162 valence electrons. The van der Waals surface area contributed by atoms with Crippen molar-refractivity contribution in [2.24, 2.45) is 0 Å². The highest BCUT2D eigenvalue weighted by Crippen LogP contribution is 2.32. The van der Waals surface area contributed by atoms with Crippen molar-refractivity contribution < 1.29 is 14.3 Å². The van der Waals surface area contributed by atoms with E-state index in [9.17, 15) is 9.59 Å². The van der Waals surface area contributed by atoms with Crippen LogP contribution in [0.5, 0.6) is 5.75 Å². The van der Waals surface area contributed by atoms with E-state index >= 15 is 0 Å². The van der Waals surface area contributed by atoms with Gasteiger partial charge in [-0.2, -0.15) is 0 Å². The molecule has 1 aromatic carbocycles. The van der Waals surface area contributed by atoms with Crippen LogP contribution >= 0.6 is 11.3 Å². The third kappa shape index (κ3) is 5.59. The summed E-state index contributed by atoms with van der Waals surface area (Å²) in [6.07, 6.45) is 0.913. The summed E-state index contributed by atoms with van der Waals surface area (Å²) in [6.45, 7) is 4.60. The van der Waals surface area contributed by atoms with Crippen molar-refractivity contribution >= 4 is 23.2 Å². The number of amides is 2. The number of rotatable bonds is 8. The zero-order valence-electron chi connectivity index (χ0n) is 17.9. The van der Waals surface area contributed by atoms with Crippen LogP contribution in [0.2, 0.25) is 0 Å². The summed E-state index contributed by atoms with van der Waals surface area (Å²) in [5, 5.41) is 6.22. The molecule has 1 aliphatic rings. The molecule has 3 rings (SSSR count). The molecule has 30 heavy (non-hydrogen) atoms. The van der Waals surface area contributed by atoms with Crippen molar-refractivity contribution in [2.75, 3.05) is 60.5 Å². The fraction of sp³-hybridized carbons (Fsp3) is 0.455. The number of hydrogen-bond acceptors (Lipinski definition) is 6. The number of piperazine rings is 1. The highest BCUT2D eigenvalue weighted by atomic mass is 32.1. The van der Waals surface area contributed by atoms with Gasteiger partial charge in [0.2, 0.25) is 0 Å². The van der Waals surface area contributed by atoms with Gasteiger partial charge in [0.15, 0.2) is 0 Å². The van der Waals surface area contributed by atoms with E-state index in [1.165, 1.54) is 11.3 Å². The van der Waals surface area contributed by atoms with Crippen LogP contribution in [0.15, 0.2) is 30.3 Å². The zero-order valence-corrected chi connectivity index (χ0v) is 18.7. The van der Waals surface area contributed by atoms with E-state index in [0.717, 1.165) is 36.5 Å². The fourth-order valence-electron chi connectivity index (χ4n) is 3.36. The van der Waals surface area contributed by atoms with Gasteiger partial charge in [0.1, 0.15) is 5.75 Å². The molecule has 0 bridgehead atoms. The summed E-state index contributed by atoms with van der Waals surface area (Å²) >= 11 is 1.44. The van der Waals surface area contributed by atoms with Crippen LogP contribution in [0.1, 0.15) is 26.5 Å². The summed E-state index contributed by atoms with van der Waals surface area (Å²) in [6, 6.07) is 9.39. The van der Waals surface area contributed by atoms with Crippen LogP contribution in [-0.4, -0.2) is 82.1 Å². The molecule has 2 heterocycles. The summed E-state index contributed by atoms with van der Waals surface area (Å²) in [4.78, 5) is 30.8. The lowest BCUT2D eigenvalue weighted by molar-refractivity contribution is 0.0732. The maximum atomic E-state index is 12.9. The number of nitrogens with one attached hydrogen (secondary N) is 2. The van der Waals surface area contributed by atoms with E-state index in [4.69, 9.17) is 4.74 Å². The minimum Gasteiger partial charge on any atom is -0.496 e. The van der Waals surface area contributed by atoms with E-state index in [0.29, 0.717) is 35.8 Å². The van der Waals surface area contributed by atoms with Crippen LogP contribution in [-0.2, 0) is 0 Å². The Kier molecular flexibility index (Phi) is 7.84. The maximum Gasteiger partial charge on any atom is 0.261 e. The average molecular weight is 431 g/mol. The molecule has 0 spiro atoms. The van der Waals surface area contributed by atoms with Gasteiger partial charge in [0.05, 0.1) is 17.6 Å². The number of carbonyl (C=O) groups excluding carboxylic acids is 2. The third-order valence-electron chi connectivity index (χ3n) is 5.02. The molecule has 2 N–H and O–H groups in total. The average Bonchev–Trinajstić information content (AvgIpc) is 3.26. The first-order valence-electron chi connectivity index (χ1n) is 10.2. The van der Waals surface area contributed by atoms with Crippen molar-refractivity contribution in [1.29, 1.82) is 0 Å². The second-order valence-corrected chi connectivity index (χ2v) is 8.62. The van der Waals surface area contributed by atoms with Gasteiger partial charge in [0.25, 0.3) is 11.8 Å². The molecule has 1 aromatic heterocycles. The molecule has 7 nitrogen and oxygen atoms in total. The predicted molar refractivity (Wildman–Crippen MR) is 121 cm³/mol. The van der Waals surface area contributed by atoms with E-state index in [-0.39, 0.29) is 11.8 Å². The van der Waals surface area contributed by atoms with E-state index in [2.05, 4.69) is 15.5 Å². The summed E-state index contributed by atoms with van der Waals surface area (Å²) in [7, 11) is 5.61. The highest BCUT2D eigenvalue weighted by Gasteiger charge is 2.22. The molecule has 0 atom stereocenters. The van der Waals surface area contributed by atoms with Gasteiger partial charge in [-0.3, -0.25) is 9.59 Å². The van der Waals surface area contributed by atoms with Crippen molar-refractivity contribution in [3.8, 4) is 16.2 Å². The number of ether oxygens (including phenoxy) is 1. The van der Waals surface area contributed by atoms with Gasteiger partial charge in [-0.25, -0.2) is 0 Å². The Morgan fingerprint density at radius 2 is 1.97 bits per heavy atom. The Balaban J connectivity index is 1.69. The molecule has 0 radical (unpaired) electrons. The van der Waals surface area contributed by atoms with Crippen LogP contribution < -0.4 is 15.4 Å². The fourth-order valence-corrected chi connectivity index (χ4v) is 4.28. The molecule has 0 saturated carbocycles. The Bertz CT molecular complexity index is 875. The van der Waals surface area contributed by atoms with E-state index < -0.39 is 0 Å². The monoisotopic (exact) mass is 430 g/mol. The van der Waals surface area contributed by atoms with Gasteiger partial charge < -0.3 is 25.2 Å². The van der Waals surface area contributed by atoms with Crippen molar-refractivity contribution in [3.63, 3.8) is 0 Å². The smallest absolute Gasteiger partial charge is 0.261 e. The van der Waals surface area contributed by atoms with Crippen molar-refractivity contribution in [3.05, 3.63) is 40.8 Å². The summed E-state index contributed by atoms with van der Waals surface area (Å²) in [5.41, 5.74) is 1.50. The first kappa shape index (κ1) is 22.3. The first-order valence-corrected chi connectivity index (χ1v) is 11.0. The molecule has 2 amide bonds. The Hall–Kier alpha value is -2.42. The van der Waals surface area contributed by atoms with Crippen LogP contribution in [0.4, 0.5) is 0 Å². The predicted octanol–water partition coefficient (Wildman–Crippen LogP) is 2.15. The number of hydrogen-bond donors (Lipinski definition) is 2. The second-order valence-electron chi connectivity index (χ2n) is 7.53. The summed E-state index contributed by atoms with van der Waals surface area (Å²) < 4.78 is 5.52. The number of benzene rings is 1. The van der Waals surface area contributed by atoms with Gasteiger partial charge in [-0.05, 0) is 56.9 Å². The lowest BCUT2D eigenvalue weighted by Gasteiger charge is -2.28. The van der Waals surface area contributed by atoms with Crippen LogP contribution in [0.3, 0.4) is 0 Å². The van der Waals surface area contributed by atoms with Crippen molar-refractivity contribution in [1.82, 2.24) is 20.4 Å². The van der Waals surface area contributed by atoms with E-state index in [1.54, 1.807) is 7.11 Å². The quantitative estimate of drug-likeness (QED) is 0.628. The lowest BCUT2D eigenvalue weighted by Crippen LogP contribution is -2.46. The van der Waals surface area contributed by atoms with E-state index in [1.807, 2.05) is 49.3 Å². The minimum atomic E-state index is -0.0533. The second kappa shape index (κ2) is 10.6. The van der Waals surface area contributed by atoms with Gasteiger partial charge >= 0.3 is 0 Å². The number of thiophene rings is 1. The van der Waals surface area contributed by atoms with Crippen LogP contribution in [0, 0.1) is 0 Å². The molecule has 1 aliphatic heterocycles. The Labute approximate surface area is 182 Å². The number of nitrogens with zero attached hydrogens (tertiary/aromatic N) is 2. The molecule has 0 aliphatic carbocycles. The molecule has 0 unspecified atom stereocenters. The lowest BCUT2D eigenvalue weighted by atomic mass is 10.1. The molecule has 8 heteroatoms. The van der Waals surface area contributed by atoms with Gasteiger partial charge in [0, 0.05) is 37.6 Å². The maximum absolute atomic E-state index is 12.9. The number of methoxy groups -OCH3 is 1. The first-order chi connectivity index (χ1) is 14.5. The SMILES string of the molecule is COc1cc(-c2ccc(C(=O)NCCCN(C)C)s2)ccc1C(=O)N1CCNCC1. The Morgan fingerprint density at radius 1 is 1.20 bits per heavy atom. The largest absolute Gasteiger partial charge is 0.496 e. The molecular formula is C22H30N4O3S. The normalized spacial score (nSPS) is 14.1. The Morgan fingerprint density at radius 3 is 2.67 bits per heavy atom. The zero-order chi connectivity index (χ0) is 21.5.